The van der Waals surface area contributed by atoms with Crippen LogP contribution < -0.4 is 5.32 Å². The van der Waals surface area contributed by atoms with E-state index < -0.39 is 0 Å². The summed E-state index contributed by atoms with van der Waals surface area (Å²) in [5.74, 6) is 0. The van der Waals surface area contributed by atoms with Gasteiger partial charge in [-0.1, -0.05) is 13.0 Å². The average molecular weight is 216 g/mol. The molecule has 1 aliphatic heterocycles. The minimum absolute atomic E-state index is 1.08. The smallest absolute Gasteiger partial charge is 0.0445 e. The van der Waals surface area contributed by atoms with Crippen molar-refractivity contribution in [1.29, 1.82) is 0 Å². The second-order valence-corrected chi connectivity index (χ2v) is 4.29. The molecule has 2 nitrogen and oxygen atoms in total. The van der Waals surface area contributed by atoms with Crippen LogP contribution >= 0.6 is 0 Å². The van der Waals surface area contributed by atoms with E-state index in [0.29, 0.717) is 0 Å². The molecule has 86 valence electrons. The monoisotopic (exact) mass is 216 g/mol. The third kappa shape index (κ3) is 2.46. The molecule has 0 spiro atoms. The van der Waals surface area contributed by atoms with E-state index in [4.69, 9.17) is 0 Å². The van der Waals surface area contributed by atoms with Gasteiger partial charge in [-0.3, -0.25) is 0 Å². The van der Waals surface area contributed by atoms with Crippen LogP contribution in [0.4, 0.5) is 0 Å². The van der Waals surface area contributed by atoms with Crippen LogP contribution in [-0.2, 0) is 0 Å². The van der Waals surface area contributed by atoms with Crippen LogP contribution in [0.2, 0.25) is 0 Å². The first kappa shape index (κ1) is 11.3. The number of nitrogens with zero attached hydrogens (tertiary/aromatic N) is 1. The standard InChI is InChI=1S/C14H20N2/c1-3-13-5-7-14(6-4-12(13)2)16-10-8-15-9-11-16/h5-7,15H,3,8-11H2,1-2H3. The molecule has 0 aromatic rings. The summed E-state index contributed by atoms with van der Waals surface area (Å²) >= 11 is 0. The molecule has 0 aromatic heterocycles. The maximum atomic E-state index is 3.39. The molecule has 0 unspecified atom stereocenters. The number of rotatable bonds is 2. The lowest BCUT2D eigenvalue weighted by molar-refractivity contribution is 0.307. The molecule has 1 saturated heterocycles. The first-order chi connectivity index (χ1) is 7.81. The van der Waals surface area contributed by atoms with Crippen molar-refractivity contribution in [2.24, 2.45) is 0 Å². The summed E-state index contributed by atoms with van der Waals surface area (Å²) in [5.41, 5.74) is 7.34. The van der Waals surface area contributed by atoms with E-state index in [0.717, 1.165) is 32.6 Å². The van der Waals surface area contributed by atoms with Gasteiger partial charge in [0.1, 0.15) is 0 Å². The Kier molecular flexibility index (Phi) is 3.66. The van der Waals surface area contributed by atoms with Crippen molar-refractivity contribution in [3.05, 3.63) is 40.8 Å². The van der Waals surface area contributed by atoms with E-state index in [2.05, 4.69) is 48.0 Å². The molecule has 0 amide bonds. The predicted octanol–water partition coefficient (Wildman–Crippen LogP) is 2.23. The van der Waals surface area contributed by atoms with Crippen molar-refractivity contribution in [2.75, 3.05) is 26.2 Å². The highest BCUT2D eigenvalue weighted by molar-refractivity contribution is 5.38. The highest BCUT2D eigenvalue weighted by atomic mass is 15.2. The van der Waals surface area contributed by atoms with Gasteiger partial charge in [0, 0.05) is 38.0 Å². The highest BCUT2D eigenvalue weighted by Crippen LogP contribution is 2.18. The Balaban J connectivity index is 2.20. The van der Waals surface area contributed by atoms with Gasteiger partial charge in [-0.05, 0) is 30.6 Å². The molecule has 0 atom stereocenters. The summed E-state index contributed by atoms with van der Waals surface area (Å²) in [4.78, 5) is 2.42. The minimum atomic E-state index is 1.08. The van der Waals surface area contributed by atoms with Crippen molar-refractivity contribution in [3.63, 3.8) is 0 Å². The molecule has 1 aliphatic carbocycles. The average Bonchev–Trinajstić information content (AvgIpc) is 2.52. The van der Waals surface area contributed by atoms with Crippen LogP contribution in [0.25, 0.3) is 0 Å². The summed E-state index contributed by atoms with van der Waals surface area (Å²) in [5, 5.41) is 3.37. The molecule has 0 bridgehead atoms. The van der Waals surface area contributed by atoms with Crippen LogP contribution in [-0.4, -0.2) is 31.1 Å². The Morgan fingerprint density at radius 3 is 2.75 bits per heavy atom. The first-order valence-electron chi connectivity index (χ1n) is 6.11. The van der Waals surface area contributed by atoms with Gasteiger partial charge in [0.2, 0.25) is 0 Å². The fraction of sp³-hybridized carbons (Fsp3) is 0.500. The second kappa shape index (κ2) is 5.20. The molecule has 2 heteroatoms. The van der Waals surface area contributed by atoms with E-state index in [-0.39, 0.29) is 0 Å². The number of piperazine rings is 1. The van der Waals surface area contributed by atoms with Gasteiger partial charge in [-0.25, -0.2) is 0 Å². The van der Waals surface area contributed by atoms with Gasteiger partial charge >= 0.3 is 0 Å². The molecule has 0 saturated carbocycles. The number of nitrogens with one attached hydrogen (secondary N) is 1. The lowest BCUT2D eigenvalue weighted by Crippen LogP contribution is -2.42. The molecule has 1 N–H and O–H groups in total. The van der Waals surface area contributed by atoms with Crippen molar-refractivity contribution >= 4 is 0 Å². The van der Waals surface area contributed by atoms with E-state index in [1.54, 1.807) is 0 Å². The largest absolute Gasteiger partial charge is 0.368 e. The summed E-state index contributed by atoms with van der Waals surface area (Å²) in [7, 11) is 0. The van der Waals surface area contributed by atoms with E-state index in [1.165, 1.54) is 16.8 Å². The van der Waals surface area contributed by atoms with Gasteiger partial charge < -0.3 is 10.2 Å². The molecular weight excluding hydrogens is 196 g/mol. The molecule has 16 heavy (non-hydrogen) atoms. The highest BCUT2D eigenvalue weighted by Gasteiger charge is 2.11. The Hall–Kier alpha value is -1.24. The van der Waals surface area contributed by atoms with E-state index in [9.17, 15) is 0 Å². The Morgan fingerprint density at radius 1 is 1.31 bits per heavy atom. The normalized spacial score (nSPS) is 21.1. The molecule has 0 aromatic carbocycles. The molecule has 2 aliphatic rings. The third-order valence-electron chi connectivity index (χ3n) is 3.24. The van der Waals surface area contributed by atoms with Crippen molar-refractivity contribution in [1.82, 2.24) is 10.2 Å². The fourth-order valence-electron chi connectivity index (χ4n) is 2.14. The van der Waals surface area contributed by atoms with Crippen LogP contribution in [0, 0.1) is 0 Å². The van der Waals surface area contributed by atoms with E-state index >= 15 is 0 Å². The zero-order valence-corrected chi connectivity index (χ0v) is 10.2. The Morgan fingerprint density at radius 2 is 2.06 bits per heavy atom. The number of hydrogen-bond donors (Lipinski definition) is 1. The molecule has 0 radical (unpaired) electrons. The van der Waals surface area contributed by atoms with Crippen molar-refractivity contribution < 1.29 is 0 Å². The second-order valence-electron chi connectivity index (χ2n) is 4.29. The Labute approximate surface area is 98.0 Å². The molecule has 2 rings (SSSR count). The van der Waals surface area contributed by atoms with Gasteiger partial charge in [-0.15, -0.1) is 5.73 Å². The summed E-state index contributed by atoms with van der Waals surface area (Å²) in [6.45, 7) is 8.69. The van der Waals surface area contributed by atoms with Crippen LogP contribution in [0.1, 0.15) is 20.3 Å². The fourth-order valence-corrected chi connectivity index (χ4v) is 2.14. The van der Waals surface area contributed by atoms with Gasteiger partial charge in [0.05, 0.1) is 0 Å². The Bertz CT molecular complexity index is 376. The number of allylic oxidation sites excluding steroid dienone is 4. The molecular formula is C14H20N2. The van der Waals surface area contributed by atoms with Crippen LogP contribution in [0.3, 0.4) is 0 Å². The predicted molar refractivity (Wildman–Crippen MR) is 68.2 cm³/mol. The minimum Gasteiger partial charge on any atom is -0.368 e. The summed E-state index contributed by atoms with van der Waals surface area (Å²) in [6.07, 6.45) is 7.68. The zero-order valence-electron chi connectivity index (χ0n) is 10.2. The summed E-state index contributed by atoms with van der Waals surface area (Å²) in [6, 6.07) is 0. The zero-order chi connectivity index (χ0) is 11.4. The lowest BCUT2D eigenvalue weighted by atomic mass is 10.1. The van der Waals surface area contributed by atoms with Crippen molar-refractivity contribution in [3.8, 4) is 0 Å². The molecule has 1 fully saturated rings. The maximum Gasteiger partial charge on any atom is 0.0445 e. The SMILES string of the molecule is CCC1=CC=C(N2CCNCC2)C=C=C1C. The maximum absolute atomic E-state index is 3.39. The third-order valence-corrected chi connectivity index (χ3v) is 3.24. The van der Waals surface area contributed by atoms with Crippen LogP contribution in [0.5, 0.6) is 0 Å². The lowest BCUT2D eigenvalue weighted by Gasteiger charge is -2.29. The summed E-state index contributed by atoms with van der Waals surface area (Å²) < 4.78 is 0. The van der Waals surface area contributed by atoms with Crippen molar-refractivity contribution in [2.45, 2.75) is 20.3 Å². The van der Waals surface area contributed by atoms with Gasteiger partial charge in [-0.2, -0.15) is 0 Å². The topological polar surface area (TPSA) is 15.3 Å². The number of hydrogen-bond acceptors (Lipinski definition) is 2. The van der Waals surface area contributed by atoms with Crippen LogP contribution in [0.15, 0.2) is 40.8 Å². The van der Waals surface area contributed by atoms with Gasteiger partial charge in [0.25, 0.3) is 0 Å². The van der Waals surface area contributed by atoms with E-state index in [1.807, 2.05) is 0 Å². The molecule has 1 heterocycles. The first-order valence-corrected chi connectivity index (χ1v) is 6.11. The van der Waals surface area contributed by atoms with Gasteiger partial charge in [0.15, 0.2) is 0 Å². The quantitative estimate of drug-likeness (QED) is 0.712.